The first-order valence-electron chi connectivity index (χ1n) is 11.5. The van der Waals surface area contributed by atoms with Gasteiger partial charge in [-0.2, -0.15) is 0 Å². The molecule has 2 aromatic rings. The highest BCUT2D eigenvalue weighted by molar-refractivity contribution is 6.99. The summed E-state index contributed by atoms with van der Waals surface area (Å²) in [5.74, 6) is 0.284. The zero-order valence-electron chi connectivity index (χ0n) is 19.7. The second-order valence-corrected chi connectivity index (χ2v) is 14.1. The third kappa shape index (κ3) is 4.64. The largest absolute Gasteiger partial charge is 0.407 e. The van der Waals surface area contributed by atoms with Crippen LogP contribution in [0.2, 0.25) is 5.04 Å². The van der Waals surface area contributed by atoms with Gasteiger partial charge in [-0.1, -0.05) is 99.7 Å². The van der Waals surface area contributed by atoms with Gasteiger partial charge in [0.2, 0.25) is 0 Å². The van der Waals surface area contributed by atoms with Gasteiger partial charge in [0.15, 0.2) is 5.78 Å². The fourth-order valence-corrected chi connectivity index (χ4v) is 9.71. The molecule has 0 spiro atoms. The zero-order valence-corrected chi connectivity index (χ0v) is 20.7. The predicted octanol–water partition coefficient (Wildman–Crippen LogP) is 5.85. The van der Waals surface area contributed by atoms with Gasteiger partial charge in [-0.05, 0) is 34.3 Å². The molecular weight excluding hydrogens is 408 g/mol. The van der Waals surface area contributed by atoms with Crippen LogP contribution in [0.4, 0.5) is 0 Å². The highest BCUT2D eigenvalue weighted by Crippen LogP contribution is 2.44. The normalized spacial score (nSPS) is 20.0. The lowest BCUT2D eigenvalue weighted by atomic mass is 9.67. The van der Waals surface area contributed by atoms with Crippen molar-refractivity contribution in [3.8, 4) is 0 Å². The molecule has 0 unspecified atom stereocenters. The van der Waals surface area contributed by atoms with Crippen molar-refractivity contribution in [3.63, 3.8) is 0 Å². The van der Waals surface area contributed by atoms with E-state index in [0.29, 0.717) is 13.0 Å². The Morgan fingerprint density at radius 2 is 1.59 bits per heavy atom. The molecular formula is C29H36O2Si. The molecule has 0 aromatic heterocycles. The van der Waals surface area contributed by atoms with E-state index in [1.54, 1.807) is 6.08 Å². The molecule has 3 rings (SSSR count). The van der Waals surface area contributed by atoms with Crippen LogP contribution in [0.15, 0.2) is 98.1 Å². The lowest BCUT2D eigenvalue weighted by Gasteiger charge is -2.45. The minimum atomic E-state index is -2.63. The number of ketones is 1. The lowest BCUT2D eigenvalue weighted by molar-refractivity contribution is -0.115. The smallest absolute Gasteiger partial charge is 0.261 e. The molecule has 2 nitrogen and oxygen atoms in total. The summed E-state index contributed by atoms with van der Waals surface area (Å²) in [5, 5.41) is 2.47. The van der Waals surface area contributed by atoms with Gasteiger partial charge in [-0.25, -0.2) is 0 Å². The fraction of sp³-hybridized carbons (Fsp3) is 0.345. The Morgan fingerprint density at radius 1 is 1.03 bits per heavy atom. The van der Waals surface area contributed by atoms with Crippen molar-refractivity contribution in [2.75, 3.05) is 6.61 Å². The molecule has 2 atom stereocenters. The summed E-state index contributed by atoms with van der Waals surface area (Å²) >= 11 is 0. The van der Waals surface area contributed by atoms with E-state index in [0.717, 1.165) is 12.8 Å². The maximum Gasteiger partial charge on any atom is 0.261 e. The molecule has 1 aliphatic rings. The Bertz CT molecular complexity index is 916. The number of benzene rings is 2. The van der Waals surface area contributed by atoms with Crippen LogP contribution < -0.4 is 10.4 Å². The third-order valence-corrected chi connectivity index (χ3v) is 11.9. The second kappa shape index (κ2) is 9.97. The number of hydrogen-bond donors (Lipinski definition) is 0. The molecule has 0 bridgehead atoms. The Kier molecular flexibility index (Phi) is 7.53. The van der Waals surface area contributed by atoms with E-state index in [1.165, 1.54) is 10.4 Å². The number of hydrogen-bond acceptors (Lipinski definition) is 2. The first-order valence-corrected chi connectivity index (χ1v) is 13.4. The molecule has 0 amide bonds. The van der Waals surface area contributed by atoms with E-state index in [4.69, 9.17) is 4.43 Å². The molecule has 0 aliphatic heterocycles. The molecule has 0 radical (unpaired) electrons. The van der Waals surface area contributed by atoms with Crippen molar-refractivity contribution >= 4 is 24.5 Å². The minimum absolute atomic E-state index is 0.0780. The zero-order chi connectivity index (χ0) is 23.2. The number of carbonyl (C=O) groups excluding carboxylic acids is 1. The molecule has 0 heterocycles. The van der Waals surface area contributed by atoms with Crippen LogP contribution in [-0.2, 0) is 9.22 Å². The Labute approximate surface area is 194 Å². The summed E-state index contributed by atoms with van der Waals surface area (Å²) < 4.78 is 7.19. The van der Waals surface area contributed by atoms with Crippen LogP contribution in [0.3, 0.4) is 0 Å². The highest BCUT2D eigenvalue weighted by Gasteiger charge is 2.51. The summed E-state index contributed by atoms with van der Waals surface area (Å²) in [7, 11) is -2.63. The van der Waals surface area contributed by atoms with Crippen LogP contribution in [0.5, 0.6) is 0 Å². The van der Waals surface area contributed by atoms with Gasteiger partial charge in [0.05, 0.1) is 0 Å². The molecule has 2 aromatic carbocycles. The quantitative estimate of drug-likeness (QED) is 0.358. The topological polar surface area (TPSA) is 26.3 Å². The fourth-order valence-electron chi connectivity index (χ4n) is 5.13. The molecule has 32 heavy (non-hydrogen) atoms. The molecule has 0 fully saturated rings. The minimum Gasteiger partial charge on any atom is -0.407 e. The van der Waals surface area contributed by atoms with Crippen LogP contribution in [0, 0.1) is 11.3 Å². The highest BCUT2D eigenvalue weighted by atomic mass is 28.4. The van der Waals surface area contributed by atoms with E-state index in [-0.39, 0.29) is 22.2 Å². The van der Waals surface area contributed by atoms with Crippen molar-refractivity contribution in [3.05, 3.63) is 98.1 Å². The van der Waals surface area contributed by atoms with Gasteiger partial charge < -0.3 is 4.43 Å². The molecule has 0 saturated carbocycles. The van der Waals surface area contributed by atoms with Gasteiger partial charge in [0.1, 0.15) is 0 Å². The third-order valence-electron chi connectivity index (χ3n) is 6.88. The monoisotopic (exact) mass is 444 g/mol. The van der Waals surface area contributed by atoms with Gasteiger partial charge in [0.25, 0.3) is 8.32 Å². The molecule has 0 N–H and O–H groups in total. The molecule has 0 saturated heterocycles. The SMILES string of the molecule is C=CC[C@@]1([C@H](C=C)CO[Si](c2ccccc2)(c2ccccc2)C(C)(C)C)C=CC(=O)CC1. The Morgan fingerprint density at radius 3 is 2.00 bits per heavy atom. The maximum atomic E-state index is 11.9. The van der Waals surface area contributed by atoms with Crippen LogP contribution in [-0.4, -0.2) is 20.7 Å². The van der Waals surface area contributed by atoms with Crippen molar-refractivity contribution in [2.24, 2.45) is 11.3 Å². The van der Waals surface area contributed by atoms with Gasteiger partial charge >= 0.3 is 0 Å². The van der Waals surface area contributed by atoms with E-state index >= 15 is 0 Å². The van der Waals surface area contributed by atoms with Crippen LogP contribution in [0.25, 0.3) is 0 Å². The predicted molar refractivity (Wildman–Crippen MR) is 138 cm³/mol. The number of allylic oxidation sites excluding steroid dienone is 3. The average Bonchev–Trinajstić information content (AvgIpc) is 2.79. The molecule has 168 valence electrons. The number of carbonyl (C=O) groups is 1. The second-order valence-electron chi connectivity index (χ2n) is 9.84. The summed E-state index contributed by atoms with van der Waals surface area (Å²) in [5.41, 5.74) is -0.178. The van der Waals surface area contributed by atoms with E-state index < -0.39 is 8.32 Å². The number of rotatable bonds is 9. The van der Waals surface area contributed by atoms with Crippen molar-refractivity contribution in [1.29, 1.82) is 0 Å². The first kappa shape index (κ1) is 24.2. The van der Waals surface area contributed by atoms with Gasteiger partial charge in [-0.15, -0.1) is 13.2 Å². The van der Waals surface area contributed by atoms with Crippen LogP contribution in [0.1, 0.15) is 40.0 Å². The lowest BCUT2D eigenvalue weighted by Crippen LogP contribution is -2.67. The standard InChI is InChI=1S/C29H36O2Si/c1-6-20-29(21-18-25(30)19-22-29)24(7-2)23-31-32(28(3,4)5,26-14-10-8-11-15-26)27-16-12-9-13-17-27/h6-18,21,24H,1-2,19-20,22-23H2,3-5H3/t24-,29-/m1/s1. The van der Waals surface area contributed by atoms with E-state index in [9.17, 15) is 4.79 Å². The first-order chi connectivity index (χ1) is 15.3. The summed E-state index contributed by atoms with van der Waals surface area (Å²) in [6, 6.07) is 21.4. The molecule has 3 heteroatoms. The van der Waals surface area contributed by atoms with Gasteiger partial charge in [0, 0.05) is 24.4 Å². The van der Waals surface area contributed by atoms with E-state index in [1.807, 2.05) is 12.2 Å². The Hall–Kier alpha value is -2.49. The van der Waals surface area contributed by atoms with Gasteiger partial charge in [-0.3, -0.25) is 4.79 Å². The van der Waals surface area contributed by atoms with E-state index in [2.05, 4.69) is 101 Å². The van der Waals surface area contributed by atoms with Crippen LogP contribution >= 0.6 is 0 Å². The Balaban J connectivity index is 2.07. The van der Waals surface area contributed by atoms with Crippen molar-refractivity contribution < 1.29 is 9.22 Å². The maximum absolute atomic E-state index is 11.9. The van der Waals surface area contributed by atoms with Crippen molar-refractivity contribution in [2.45, 2.75) is 45.1 Å². The summed E-state index contributed by atoms with van der Waals surface area (Å²) in [4.78, 5) is 11.9. The summed E-state index contributed by atoms with van der Waals surface area (Å²) in [6.07, 6.45) is 9.97. The molecule has 1 aliphatic carbocycles. The summed E-state index contributed by atoms with van der Waals surface area (Å²) in [6.45, 7) is 15.6. The average molecular weight is 445 g/mol. The van der Waals surface area contributed by atoms with Crippen molar-refractivity contribution in [1.82, 2.24) is 0 Å².